The molecule has 0 rings (SSSR count). The van der Waals surface area contributed by atoms with E-state index in [1.165, 1.54) is 0 Å². The molecular weight excluding hydrogens is 91.0 g/mol. The Kier molecular flexibility index (Phi) is 3.86. The standard InChI is InChI=1S/C7H15.Li/c1-6(2)5-7(3)4;/h5-7H,1-4H3;. The summed E-state index contributed by atoms with van der Waals surface area (Å²) in [5, 5.41) is 0. The number of rotatable bonds is 2. The molecule has 0 spiro atoms. The van der Waals surface area contributed by atoms with Crippen LogP contribution in [0, 0.1) is 11.8 Å². The van der Waals surface area contributed by atoms with Crippen LogP contribution in [0.5, 0.6) is 0 Å². The van der Waals surface area contributed by atoms with Gasteiger partial charge < -0.3 is 0 Å². The molecule has 0 aromatic rings. The van der Waals surface area contributed by atoms with E-state index in [9.17, 15) is 0 Å². The van der Waals surface area contributed by atoms with Gasteiger partial charge in [0.1, 0.15) is 0 Å². The summed E-state index contributed by atoms with van der Waals surface area (Å²) in [6.07, 6.45) is 0. The molecule has 0 aliphatic carbocycles. The summed E-state index contributed by atoms with van der Waals surface area (Å²) in [7, 11) is 0. The second-order valence-electron chi connectivity index (χ2n) is 3.35. The van der Waals surface area contributed by atoms with Crippen LogP contribution < -0.4 is 0 Å². The fraction of sp³-hybridized carbons (Fsp3) is 1.00. The van der Waals surface area contributed by atoms with Gasteiger partial charge in [0.05, 0.1) is 0 Å². The van der Waals surface area contributed by atoms with E-state index in [-0.39, 0.29) is 0 Å². The van der Waals surface area contributed by atoms with E-state index in [0.717, 1.165) is 16.4 Å². The van der Waals surface area contributed by atoms with Gasteiger partial charge >= 0.3 is 61.8 Å². The SMILES string of the molecule is [Li][CH](C(C)C)C(C)C. The van der Waals surface area contributed by atoms with Gasteiger partial charge in [-0.25, -0.2) is 0 Å². The molecule has 0 saturated carbocycles. The minimum atomic E-state index is 0.843. The van der Waals surface area contributed by atoms with Crippen molar-refractivity contribution in [1.82, 2.24) is 0 Å². The molecule has 0 heterocycles. The van der Waals surface area contributed by atoms with Gasteiger partial charge in [0.25, 0.3) is 0 Å². The summed E-state index contributed by atoms with van der Waals surface area (Å²) in [6.45, 7) is 9.13. The Labute approximate surface area is 62.3 Å². The first-order valence-corrected chi connectivity index (χ1v) is 3.55. The Morgan fingerprint density at radius 2 is 1.12 bits per heavy atom. The fourth-order valence-corrected chi connectivity index (χ4v) is 0.770. The summed E-state index contributed by atoms with van der Waals surface area (Å²) in [5.74, 6) is 1.69. The average Bonchev–Trinajstić information content (AvgIpc) is 1.64. The molecule has 0 aliphatic heterocycles. The predicted molar refractivity (Wildman–Crippen MR) is 39.2 cm³/mol. The van der Waals surface area contributed by atoms with E-state index in [1.54, 1.807) is 0 Å². The third-order valence-corrected chi connectivity index (χ3v) is 2.10. The molecule has 0 aliphatic rings. The van der Waals surface area contributed by atoms with E-state index in [4.69, 9.17) is 0 Å². The number of hydrogen-bond acceptors (Lipinski definition) is 0. The summed E-state index contributed by atoms with van der Waals surface area (Å²) in [4.78, 5) is 0. The average molecular weight is 106 g/mol. The van der Waals surface area contributed by atoms with E-state index < -0.39 is 0 Å². The topological polar surface area (TPSA) is 0 Å². The quantitative estimate of drug-likeness (QED) is 0.473. The van der Waals surface area contributed by atoms with Crippen LogP contribution in [0.2, 0.25) is 4.59 Å². The Bertz CT molecular complexity index is 49.4. The molecule has 0 fully saturated rings. The molecule has 0 radical (unpaired) electrons. The molecule has 0 bridgehead atoms. The van der Waals surface area contributed by atoms with Crippen molar-refractivity contribution in [3.05, 3.63) is 0 Å². The van der Waals surface area contributed by atoms with Crippen molar-refractivity contribution >= 4 is 17.7 Å². The van der Waals surface area contributed by atoms with E-state index in [1.807, 2.05) is 0 Å². The van der Waals surface area contributed by atoms with Crippen LogP contribution in [0.15, 0.2) is 0 Å². The van der Waals surface area contributed by atoms with Crippen LogP contribution in [0.25, 0.3) is 0 Å². The first-order valence-electron chi connectivity index (χ1n) is 3.55. The van der Waals surface area contributed by atoms with Gasteiger partial charge in [-0.3, -0.25) is 0 Å². The second-order valence-corrected chi connectivity index (χ2v) is 3.35. The predicted octanol–water partition coefficient (Wildman–Crippen LogP) is 2.26. The van der Waals surface area contributed by atoms with E-state index >= 15 is 0 Å². The van der Waals surface area contributed by atoms with Crippen LogP contribution in [0.1, 0.15) is 27.7 Å². The molecule has 44 valence electrons. The van der Waals surface area contributed by atoms with E-state index in [2.05, 4.69) is 45.4 Å². The fourth-order valence-electron chi connectivity index (χ4n) is 0.770. The Hall–Kier alpha value is 0.597. The van der Waals surface area contributed by atoms with Crippen molar-refractivity contribution in [2.45, 2.75) is 32.3 Å². The molecule has 0 aromatic carbocycles. The zero-order valence-corrected chi connectivity index (χ0v) is 6.73. The van der Waals surface area contributed by atoms with Crippen LogP contribution in [-0.4, -0.2) is 17.7 Å². The number of hydrogen-bond donors (Lipinski definition) is 0. The molecular formula is C7H15Li. The molecule has 0 atom stereocenters. The summed E-state index contributed by atoms with van der Waals surface area (Å²) >= 11 is 2.31. The van der Waals surface area contributed by atoms with Crippen LogP contribution in [-0.2, 0) is 0 Å². The van der Waals surface area contributed by atoms with Gasteiger partial charge in [-0.1, -0.05) is 0 Å². The van der Waals surface area contributed by atoms with Crippen molar-refractivity contribution in [2.75, 3.05) is 0 Å². The van der Waals surface area contributed by atoms with Gasteiger partial charge in [0, 0.05) is 0 Å². The van der Waals surface area contributed by atoms with Crippen molar-refractivity contribution in [1.29, 1.82) is 0 Å². The Morgan fingerprint density at radius 3 is 1.12 bits per heavy atom. The zero-order chi connectivity index (χ0) is 6.73. The van der Waals surface area contributed by atoms with Crippen molar-refractivity contribution in [3.8, 4) is 0 Å². The Morgan fingerprint density at radius 1 is 0.875 bits per heavy atom. The first kappa shape index (κ1) is 8.60. The minimum absolute atomic E-state index is 0.843. The second kappa shape index (κ2) is 3.59. The normalized spacial score (nSPS) is 12.1. The van der Waals surface area contributed by atoms with Gasteiger partial charge in [-0.15, -0.1) is 0 Å². The molecule has 0 nitrogen and oxygen atoms in total. The van der Waals surface area contributed by atoms with Crippen molar-refractivity contribution in [3.63, 3.8) is 0 Å². The zero-order valence-electron chi connectivity index (χ0n) is 6.73. The van der Waals surface area contributed by atoms with E-state index in [0.29, 0.717) is 0 Å². The van der Waals surface area contributed by atoms with Gasteiger partial charge in [-0.05, 0) is 0 Å². The van der Waals surface area contributed by atoms with Gasteiger partial charge in [0.2, 0.25) is 0 Å². The maximum absolute atomic E-state index is 2.31. The first-order chi connectivity index (χ1) is 3.55. The van der Waals surface area contributed by atoms with Gasteiger partial charge in [0.15, 0.2) is 0 Å². The summed E-state index contributed by atoms with van der Waals surface area (Å²) < 4.78 is 0.870. The molecule has 0 saturated heterocycles. The summed E-state index contributed by atoms with van der Waals surface area (Å²) in [5.41, 5.74) is 0. The van der Waals surface area contributed by atoms with Crippen LogP contribution in [0.4, 0.5) is 0 Å². The molecule has 0 unspecified atom stereocenters. The van der Waals surface area contributed by atoms with Crippen molar-refractivity contribution in [2.24, 2.45) is 11.8 Å². The molecule has 0 N–H and O–H groups in total. The third-order valence-electron chi connectivity index (χ3n) is 2.10. The molecule has 0 amide bonds. The van der Waals surface area contributed by atoms with Crippen molar-refractivity contribution < 1.29 is 0 Å². The third kappa shape index (κ3) is 2.80. The monoisotopic (exact) mass is 106 g/mol. The Balaban J connectivity index is 3.46. The van der Waals surface area contributed by atoms with Crippen LogP contribution in [0.3, 0.4) is 0 Å². The molecule has 0 aromatic heterocycles. The van der Waals surface area contributed by atoms with Crippen LogP contribution >= 0.6 is 0 Å². The molecule has 8 heavy (non-hydrogen) atoms. The molecule has 1 heteroatoms. The van der Waals surface area contributed by atoms with Gasteiger partial charge in [-0.2, -0.15) is 0 Å². The maximum atomic E-state index is 2.31. The summed E-state index contributed by atoms with van der Waals surface area (Å²) in [6, 6.07) is 0.